The predicted octanol–water partition coefficient (Wildman–Crippen LogP) is 4.80. The molecule has 4 heteroatoms. The zero-order valence-electron chi connectivity index (χ0n) is 12.7. The van der Waals surface area contributed by atoms with Crippen molar-refractivity contribution in [2.24, 2.45) is 0 Å². The molecular formula is C17H18N2OS. The highest BCUT2D eigenvalue weighted by atomic mass is 32.1. The third-order valence-electron chi connectivity index (χ3n) is 3.48. The van der Waals surface area contributed by atoms with E-state index in [0.717, 1.165) is 27.2 Å². The molecule has 0 radical (unpaired) electrons. The molecule has 1 aromatic carbocycles. The van der Waals surface area contributed by atoms with Crippen molar-refractivity contribution in [2.45, 2.75) is 26.7 Å². The van der Waals surface area contributed by atoms with E-state index in [0.29, 0.717) is 11.8 Å². The maximum Gasteiger partial charge on any atom is 0.221 e. The summed E-state index contributed by atoms with van der Waals surface area (Å²) in [6.07, 6.45) is 0. The lowest BCUT2D eigenvalue weighted by Crippen LogP contribution is -1.93. The van der Waals surface area contributed by atoms with Crippen LogP contribution in [0.25, 0.3) is 21.5 Å². The first kappa shape index (κ1) is 14.0. The smallest absolute Gasteiger partial charge is 0.221 e. The van der Waals surface area contributed by atoms with Crippen LogP contribution in [-0.4, -0.2) is 17.1 Å². The molecule has 0 bridgehead atoms. The fourth-order valence-corrected chi connectivity index (χ4v) is 3.22. The summed E-state index contributed by atoms with van der Waals surface area (Å²) in [5.41, 5.74) is 3.21. The normalized spacial score (nSPS) is 11.3. The van der Waals surface area contributed by atoms with E-state index in [1.54, 1.807) is 18.4 Å². The molecule has 0 unspecified atom stereocenters. The maximum atomic E-state index is 5.45. The molecule has 0 aliphatic rings. The van der Waals surface area contributed by atoms with Gasteiger partial charge in [-0.2, -0.15) is 0 Å². The highest BCUT2D eigenvalue weighted by Gasteiger charge is 2.12. The molecule has 0 atom stereocenters. The minimum Gasteiger partial charge on any atom is -0.481 e. The molecule has 0 amide bonds. The first-order chi connectivity index (χ1) is 10.1. The second kappa shape index (κ2) is 5.45. The lowest BCUT2D eigenvalue weighted by molar-refractivity contribution is 0.404. The number of benzene rings is 1. The Morgan fingerprint density at radius 2 is 1.95 bits per heavy atom. The van der Waals surface area contributed by atoms with E-state index in [4.69, 9.17) is 4.74 Å². The van der Waals surface area contributed by atoms with Crippen molar-refractivity contribution in [1.82, 2.24) is 9.97 Å². The van der Waals surface area contributed by atoms with Crippen LogP contribution in [0.5, 0.6) is 5.88 Å². The van der Waals surface area contributed by atoms with Gasteiger partial charge in [0.25, 0.3) is 0 Å². The first-order valence-corrected chi connectivity index (χ1v) is 7.87. The lowest BCUT2D eigenvalue weighted by atomic mass is 10.1. The Morgan fingerprint density at radius 3 is 2.62 bits per heavy atom. The number of pyridine rings is 1. The molecule has 21 heavy (non-hydrogen) atoms. The van der Waals surface area contributed by atoms with E-state index in [-0.39, 0.29) is 0 Å². The van der Waals surface area contributed by atoms with Gasteiger partial charge in [-0.1, -0.05) is 31.5 Å². The average Bonchev–Trinajstić information content (AvgIpc) is 2.95. The van der Waals surface area contributed by atoms with Crippen molar-refractivity contribution in [3.8, 4) is 16.6 Å². The van der Waals surface area contributed by atoms with E-state index >= 15 is 0 Å². The first-order valence-electron chi connectivity index (χ1n) is 6.99. The number of methoxy groups -OCH3 is 1. The van der Waals surface area contributed by atoms with Crippen LogP contribution in [0, 0.1) is 6.92 Å². The Kier molecular flexibility index (Phi) is 3.64. The molecular weight excluding hydrogens is 280 g/mol. The second-order valence-corrected chi connectivity index (χ2v) is 6.33. The molecule has 0 saturated heterocycles. The van der Waals surface area contributed by atoms with Crippen molar-refractivity contribution < 1.29 is 4.74 Å². The van der Waals surface area contributed by atoms with E-state index in [9.17, 15) is 0 Å². The Bertz CT molecular complexity index is 793. The molecule has 0 aliphatic carbocycles. The summed E-state index contributed by atoms with van der Waals surface area (Å²) in [7, 11) is 1.66. The topological polar surface area (TPSA) is 35.0 Å². The molecule has 0 spiro atoms. The van der Waals surface area contributed by atoms with E-state index in [1.807, 2.05) is 0 Å². The van der Waals surface area contributed by atoms with Gasteiger partial charge in [0, 0.05) is 10.8 Å². The molecule has 0 aliphatic heterocycles. The summed E-state index contributed by atoms with van der Waals surface area (Å²) >= 11 is 1.63. The average molecular weight is 298 g/mol. The van der Waals surface area contributed by atoms with Gasteiger partial charge in [0.15, 0.2) is 0 Å². The summed E-state index contributed by atoms with van der Waals surface area (Å²) in [5, 5.41) is 5.22. The number of aryl methyl sites for hydroxylation is 1. The SMILES string of the molecule is COc1nc(-c2nc(C(C)C)cs2)cc2cc(C)ccc12. The Labute approximate surface area is 128 Å². The number of thiazole rings is 1. The van der Waals surface area contributed by atoms with Gasteiger partial charge in [0.05, 0.1) is 12.8 Å². The summed E-state index contributed by atoms with van der Waals surface area (Å²) in [5.74, 6) is 1.09. The quantitative estimate of drug-likeness (QED) is 0.696. The van der Waals surface area contributed by atoms with Crippen LogP contribution >= 0.6 is 11.3 Å². The van der Waals surface area contributed by atoms with Gasteiger partial charge in [0.1, 0.15) is 10.7 Å². The Hall–Kier alpha value is -1.94. The molecule has 0 N–H and O–H groups in total. The van der Waals surface area contributed by atoms with Crippen LogP contribution < -0.4 is 4.74 Å². The molecule has 2 heterocycles. The fraction of sp³-hybridized carbons (Fsp3) is 0.294. The molecule has 0 fully saturated rings. The number of ether oxygens (including phenoxy) is 1. The number of hydrogen-bond donors (Lipinski definition) is 0. The van der Waals surface area contributed by atoms with Crippen LogP contribution in [0.3, 0.4) is 0 Å². The van der Waals surface area contributed by atoms with Crippen molar-refractivity contribution in [1.29, 1.82) is 0 Å². The minimum absolute atomic E-state index is 0.430. The molecule has 0 saturated carbocycles. The largest absolute Gasteiger partial charge is 0.481 e. The Balaban J connectivity index is 2.17. The van der Waals surface area contributed by atoms with Gasteiger partial charge in [-0.3, -0.25) is 0 Å². The van der Waals surface area contributed by atoms with Crippen molar-refractivity contribution in [3.05, 3.63) is 40.9 Å². The summed E-state index contributed by atoms with van der Waals surface area (Å²) in [6.45, 7) is 6.39. The summed E-state index contributed by atoms with van der Waals surface area (Å²) in [4.78, 5) is 9.30. The number of aromatic nitrogens is 2. The zero-order chi connectivity index (χ0) is 15.0. The van der Waals surface area contributed by atoms with Crippen LogP contribution in [0.4, 0.5) is 0 Å². The highest BCUT2D eigenvalue weighted by Crippen LogP contribution is 2.32. The number of hydrogen-bond acceptors (Lipinski definition) is 4. The van der Waals surface area contributed by atoms with Gasteiger partial charge in [-0.25, -0.2) is 9.97 Å². The van der Waals surface area contributed by atoms with Crippen LogP contribution in [0.2, 0.25) is 0 Å². The van der Waals surface area contributed by atoms with Crippen molar-refractivity contribution >= 4 is 22.1 Å². The van der Waals surface area contributed by atoms with E-state index in [2.05, 4.69) is 60.4 Å². The number of fused-ring (bicyclic) bond motifs is 1. The number of nitrogens with zero attached hydrogens (tertiary/aromatic N) is 2. The minimum atomic E-state index is 0.430. The summed E-state index contributed by atoms with van der Waals surface area (Å²) < 4.78 is 5.45. The van der Waals surface area contributed by atoms with Gasteiger partial charge in [-0.05, 0) is 30.4 Å². The van der Waals surface area contributed by atoms with Crippen molar-refractivity contribution in [2.75, 3.05) is 7.11 Å². The van der Waals surface area contributed by atoms with Gasteiger partial charge >= 0.3 is 0 Å². The maximum absolute atomic E-state index is 5.45. The second-order valence-electron chi connectivity index (χ2n) is 5.47. The number of rotatable bonds is 3. The van der Waals surface area contributed by atoms with Crippen LogP contribution in [-0.2, 0) is 0 Å². The zero-order valence-corrected chi connectivity index (χ0v) is 13.5. The van der Waals surface area contributed by atoms with Crippen molar-refractivity contribution in [3.63, 3.8) is 0 Å². The highest BCUT2D eigenvalue weighted by molar-refractivity contribution is 7.13. The van der Waals surface area contributed by atoms with Gasteiger partial charge in [0.2, 0.25) is 5.88 Å². The third-order valence-corrected chi connectivity index (χ3v) is 4.36. The molecule has 3 rings (SSSR count). The standard InChI is InChI=1S/C17H18N2OS/c1-10(2)15-9-21-17(19-15)14-8-12-7-11(3)5-6-13(12)16(18-14)20-4/h5-10H,1-4H3. The van der Waals surface area contributed by atoms with E-state index in [1.165, 1.54) is 5.56 Å². The molecule has 2 aromatic heterocycles. The Morgan fingerprint density at radius 1 is 1.14 bits per heavy atom. The predicted molar refractivity (Wildman–Crippen MR) is 88.2 cm³/mol. The van der Waals surface area contributed by atoms with Crippen LogP contribution in [0.1, 0.15) is 31.0 Å². The monoisotopic (exact) mass is 298 g/mol. The van der Waals surface area contributed by atoms with E-state index < -0.39 is 0 Å². The fourth-order valence-electron chi connectivity index (χ4n) is 2.28. The van der Waals surface area contributed by atoms with Gasteiger partial charge in [-0.15, -0.1) is 11.3 Å². The molecule has 108 valence electrons. The third kappa shape index (κ3) is 2.63. The summed E-state index contributed by atoms with van der Waals surface area (Å²) in [6, 6.07) is 8.38. The lowest BCUT2D eigenvalue weighted by Gasteiger charge is -2.07. The molecule has 3 aromatic rings. The van der Waals surface area contributed by atoms with Gasteiger partial charge < -0.3 is 4.74 Å². The van der Waals surface area contributed by atoms with Crippen LogP contribution in [0.15, 0.2) is 29.6 Å². The molecule has 3 nitrogen and oxygen atoms in total.